The van der Waals surface area contributed by atoms with E-state index in [0.717, 1.165) is 4.31 Å². The predicted molar refractivity (Wildman–Crippen MR) is 74.2 cm³/mol. The quantitative estimate of drug-likeness (QED) is 0.646. The van der Waals surface area contributed by atoms with Crippen LogP contribution in [0.4, 0.5) is 0 Å². The molecule has 1 aliphatic heterocycles. The third-order valence-electron chi connectivity index (χ3n) is 3.58. The number of aliphatic hydroxyl groups excluding tert-OH is 1. The van der Waals surface area contributed by atoms with Crippen molar-refractivity contribution in [2.45, 2.75) is 51.6 Å². The molecule has 0 amide bonds. The van der Waals surface area contributed by atoms with Gasteiger partial charge in [0.05, 0.1) is 18.8 Å². The highest BCUT2D eigenvalue weighted by Gasteiger charge is 2.41. The minimum absolute atomic E-state index is 0.222. The summed E-state index contributed by atoms with van der Waals surface area (Å²) in [4.78, 5) is 11.8. The molecule has 1 aliphatic rings. The van der Waals surface area contributed by atoms with Crippen LogP contribution in [0.3, 0.4) is 0 Å². The molecule has 1 rings (SSSR count). The Morgan fingerprint density at radius 3 is 2.65 bits per heavy atom. The smallest absolute Gasteiger partial charge is 0.324 e. The first kappa shape index (κ1) is 17.4. The van der Waals surface area contributed by atoms with E-state index in [2.05, 4.69) is 4.72 Å². The average Bonchev–Trinajstić information content (AvgIpc) is 2.88. The van der Waals surface area contributed by atoms with Crippen molar-refractivity contribution in [3.05, 3.63) is 0 Å². The number of hydrogen-bond acceptors (Lipinski definition) is 5. The number of ether oxygens (including phenoxy) is 1. The van der Waals surface area contributed by atoms with Gasteiger partial charge in [0.15, 0.2) is 0 Å². The van der Waals surface area contributed by atoms with E-state index in [9.17, 15) is 18.3 Å². The Kier molecular flexibility index (Phi) is 5.93. The average molecular weight is 308 g/mol. The maximum Gasteiger partial charge on any atom is 0.324 e. The first-order valence-electron chi connectivity index (χ1n) is 6.88. The number of hydrogen-bond donors (Lipinski definition) is 2. The van der Waals surface area contributed by atoms with Crippen LogP contribution in [0.15, 0.2) is 0 Å². The van der Waals surface area contributed by atoms with E-state index in [-0.39, 0.29) is 19.8 Å². The molecule has 0 spiro atoms. The number of carbonyl (C=O) groups is 1. The molecule has 118 valence electrons. The Morgan fingerprint density at radius 2 is 2.15 bits per heavy atom. The zero-order chi connectivity index (χ0) is 15.4. The van der Waals surface area contributed by atoms with Crippen LogP contribution in [0.25, 0.3) is 0 Å². The SMILES string of the molecule is CCOC(=O)C1CCCN1S(=O)(=O)NC(C)(CC)CO. The van der Waals surface area contributed by atoms with Crippen LogP contribution in [0.5, 0.6) is 0 Å². The molecular weight excluding hydrogens is 284 g/mol. The van der Waals surface area contributed by atoms with Crippen LogP contribution in [0.2, 0.25) is 0 Å². The molecule has 8 heteroatoms. The molecule has 2 unspecified atom stereocenters. The summed E-state index contributed by atoms with van der Waals surface area (Å²) in [5, 5.41) is 9.31. The third kappa shape index (κ3) is 3.91. The summed E-state index contributed by atoms with van der Waals surface area (Å²) in [7, 11) is -3.83. The van der Waals surface area contributed by atoms with E-state index < -0.39 is 27.8 Å². The van der Waals surface area contributed by atoms with E-state index in [1.165, 1.54) is 0 Å². The monoisotopic (exact) mass is 308 g/mol. The van der Waals surface area contributed by atoms with E-state index in [4.69, 9.17) is 4.74 Å². The Balaban J connectivity index is 2.88. The van der Waals surface area contributed by atoms with Crippen molar-refractivity contribution in [1.29, 1.82) is 0 Å². The topological polar surface area (TPSA) is 95.9 Å². The highest BCUT2D eigenvalue weighted by Crippen LogP contribution is 2.23. The second-order valence-corrected chi connectivity index (χ2v) is 6.82. The standard InChI is InChI=1S/C12H24N2O5S/c1-4-12(3,9-15)13-20(17,18)14-8-6-7-10(14)11(16)19-5-2/h10,13,15H,4-9H2,1-3H3. The molecule has 2 atom stereocenters. The van der Waals surface area contributed by atoms with Crippen molar-refractivity contribution in [1.82, 2.24) is 9.03 Å². The lowest BCUT2D eigenvalue weighted by Gasteiger charge is -2.31. The maximum atomic E-state index is 12.4. The number of nitrogens with one attached hydrogen (secondary N) is 1. The summed E-state index contributed by atoms with van der Waals surface area (Å²) in [6, 6.07) is -0.771. The van der Waals surface area contributed by atoms with Gasteiger partial charge in [0, 0.05) is 6.54 Å². The fourth-order valence-electron chi connectivity index (χ4n) is 2.09. The molecule has 0 aromatic heterocycles. The second kappa shape index (κ2) is 6.84. The second-order valence-electron chi connectivity index (χ2n) is 5.20. The molecule has 0 aliphatic carbocycles. The van der Waals surface area contributed by atoms with Crippen LogP contribution in [-0.2, 0) is 19.7 Å². The summed E-state index contributed by atoms with van der Waals surface area (Å²) in [6.45, 7) is 5.29. The molecule has 0 aromatic rings. The normalized spacial score (nSPS) is 23.5. The summed E-state index contributed by atoms with van der Waals surface area (Å²) >= 11 is 0. The Hall–Kier alpha value is -0.700. The lowest BCUT2D eigenvalue weighted by atomic mass is 10.0. The van der Waals surface area contributed by atoms with Crippen molar-refractivity contribution in [2.75, 3.05) is 19.8 Å². The van der Waals surface area contributed by atoms with Gasteiger partial charge in [-0.3, -0.25) is 4.79 Å². The van der Waals surface area contributed by atoms with Gasteiger partial charge in [-0.15, -0.1) is 0 Å². The van der Waals surface area contributed by atoms with Gasteiger partial charge in [-0.25, -0.2) is 0 Å². The Morgan fingerprint density at radius 1 is 1.50 bits per heavy atom. The summed E-state index contributed by atoms with van der Waals surface area (Å²) < 4.78 is 33.3. The molecule has 7 nitrogen and oxygen atoms in total. The van der Waals surface area contributed by atoms with Gasteiger partial charge in [0.1, 0.15) is 6.04 Å². The highest BCUT2D eigenvalue weighted by molar-refractivity contribution is 7.87. The number of esters is 1. The van der Waals surface area contributed by atoms with Crippen molar-refractivity contribution >= 4 is 16.2 Å². The predicted octanol–water partition coefficient (Wildman–Crippen LogP) is 0.00930. The van der Waals surface area contributed by atoms with Gasteiger partial charge in [0.25, 0.3) is 10.2 Å². The number of nitrogens with zero attached hydrogens (tertiary/aromatic N) is 1. The van der Waals surface area contributed by atoms with Crippen LogP contribution >= 0.6 is 0 Å². The lowest BCUT2D eigenvalue weighted by Crippen LogP contribution is -2.55. The first-order valence-corrected chi connectivity index (χ1v) is 8.32. The molecule has 1 fully saturated rings. The Bertz CT molecular complexity index is 433. The van der Waals surface area contributed by atoms with E-state index in [0.29, 0.717) is 19.3 Å². The van der Waals surface area contributed by atoms with Crippen molar-refractivity contribution < 1.29 is 23.1 Å². The van der Waals surface area contributed by atoms with Crippen LogP contribution in [0, 0.1) is 0 Å². The third-order valence-corrected chi connectivity index (χ3v) is 5.38. The van der Waals surface area contributed by atoms with Crippen molar-refractivity contribution in [3.63, 3.8) is 0 Å². The summed E-state index contributed by atoms with van der Waals surface area (Å²) in [5.74, 6) is -0.516. The van der Waals surface area contributed by atoms with E-state index in [1.807, 2.05) is 0 Å². The highest BCUT2D eigenvalue weighted by atomic mass is 32.2. The largest absolute Gasteiger partial charge is 0.465 e. The van der Waals surface area contributed by atoms with Crippen molar-refractivity contribution in [2.24, 2.45) is 0 Å². The van der Waals surface area contributed by atoms with Crippen LogP contribution in [-0.4, -0.2) is 55.1 Å². The van der Waals surface area contributed by atoms with Gasteiger partial charge >= 0.3 is 5.97 Å². The number of rotatable bonds is 7. The van der Waals surface area contributed by atoms with Gasteiger partial charge in [-0.2, -0.15) is 17.4 Å². The zero-order valence-corrected chi connectivity index (χ0v) is 13.1. The Labute approximate surface area is 120 Å². The minimum atomic E-state index is -3.83. The first-order chi connectivity index (χ1) is 9.29. The molecule has 0 aromatic carbocycles. The molecule has 2 N–H and O–H groups in total. The fourth-order valence-corrected chi connectivity index (χ4v) is 3.93. The van der Waals surface area contributed by atoms with Gasteiger partial charge in [-0.1, -0.05) is 6.92 Å². The van der Waals surface area contributed by atoms with Gasteiger partial charge in [-0.05, 0) is 33.1 Å². The summed E-state index contributed by atoms with van der Waals surface area (Å²) in [6.07, 6.45) is 1.52. The van der Waals surface area contributed by atoms with Crippen LogP contribution < -0.4 is 4.72 Å². The zero-order valence-electron chi connectivity index (χ0n) is 12.3. The minimum Gasteiger partial charge on any atom is -0.465 e. The molecule has 1 saturated heterocycles. The van der Waals surface area contributed by atoms with Gasteiger partial charge < -0.3 is 9.84 Å². The van der Waals surface area contributed by atoms with Gasteiger partial charge in [0.2, 0.25) is 0 Å². The fraction of sp³-hybridized carbons (Fsp3) is 0.917. The van der Waals surface area contributed by atoms with E-state index >= 15 is 0 Å². The molecule has 0 saturated carbocycles. The molecule has 20 heavy (non-hydrogen) atoms. The molecule has 1 heterocycles. The lowest BCUT2D eigenvalue weighted by molar-refractivity contribution is -0.146. The number of aliphatic hydroxyl groups is 1. The number of carbonyl (C=O) groups excluding carboxylic acids is 1. The molecular formula is C12H24N2O5S. The van der Waals surface area contributed by atoms with E-state index in [1.54, 1.807) is 20.8 Å². The maximum absolute atomic E-state index is 12.4. The van der Waals surface area contributed by atoms with Crippen molar-refractivity contribution in [3.8, 4) is 0 Å². The van der Waals surface area contributed by atoms with Crippen LogP contribution in [0.1, 0.15) is 40.0 Å². The summed E-state index contributed by atoms with van der Waals surface area (Å²) in [5.41, 5.74) is -0.930. The molecule has 0 bridgehead atoms. The molecule has 0 radical (unpaired) electrons.